The van der Waals surface area contributed by atoms with Crippen LogP contribution in [0.1, 0.15) is 22.0 Å². The molecular weight excluding hydrogens is 388 g/mol. The number of non-ortho nitro benzene ring substituents is 2. The number of rotatable bonds is 8. The minimum absolute atomic E-state index is 0.151. The van der Waals surface area contributed by atoms with Crippen molar-refractivity contribution in [2.24, 2.45) is 0 Å². The predicted molar refractivity (Wildman–Crippen MR) is 111 cm³/mol. The summed E-state index contributed by atoms with van der Waals surface area (Å²) in [5.74, 6) is -0.641. The molecule has 3 aromatic rings. The van der Waals surface area contributed by atoms with Gasteiger partial charge in [-0.15, -0.1) is 0 Å². The molecule has 0 radical (unpaired) electrons. The molecule has 1 amide bonds. The highest BCUT2D eigenvalue weighted by Gasteiger charge is 2.21. The Balaban J connectivity index is 1.80. The number of carbonyl (C=O) groups excluding carboxylic acids is 1. The Morgan fingerprint density at radius 2 is 1.37 bits per heavy atom. The van der Waals surface area contributed by atoms with Crippen LogP contribution in [0.15, 0.2) is 78.9 Å². The number of nitro benzene ring substituents is 2. The number of anilines is 1. The van der Waals surface area contributed by atoms with Gasteiger partial charge in [-0.05, 0) is 17.7 Å². The fourth-order valence-electron chi connectivity index (χ4n) is 2.91. The van der Waals surface area contributed by atoms with E-state index in [2.05, 4.69) is 10.6 Å². The van der Waals surface area contributed by atoms with E-state index in [9.17, 15) is 25.0 Å². The van der Waals surface area contributed by atoms with Crippen LogP contribution in [0.3, 0.4) is 0 Å². The monoisotopic (exact) mass is 406 g/mol. The molecule has 0 aliphatic carbocycles. The number of para-hydroxylation sites is 1. The third-order valence-corrected chi connectivity index (χ3v) is 4.37. The average molecular weight is 406 g/mol. The Labute approximate surface area is 171 Å². The summed E-state index contributed by atoms with van der Waals surface area (Å²) < 4.78 is 0. The van der Waals surface area contributed by atoms with Crippen LogP contribution < -0.4 is 10.6 Å². The highest BCUT2D eigenvalue weighted by Crippen LogP contribution is 2.23. The second-order valence-corrected chi connectivity index (χ2v) is 6.44. The maximum absolute atomic E-state index is 12.6. The number of nitro groups is 2. The van der Waals surface area contributed by atoms with Gasteiger partial charge in [-0.2, -0.15) is 0 Å². The van der Waals surface area contributed by atoms with E-state index in [1.165, 1.54) is 0 Å². The fraction of sp³-hybridized carbons (Fsp3) is 0.0952. The Hall–Kier alpha value is -4.27. The molecule has 0 aliphatic heterocycles. The maximum atomic E-state index is 12.6. The molecule has 2 N–H and O–H groups in total. The van der Waals surface area contributed by atoms with Crippen LogP contribution in [0.2, 0.25) is 0 Å². The highest BCUT2D eigenvalue weighted by molar-refractivity contribution is 5.95. The molecule has 0 aromatic heterocycles. The molecule has 0 saturated carbocycles. The van der Waals surface area contributed by atoms with Crippen molar-refractivity contribution in [3.63, 3.8) is 0 Å². The summed E-state index contributed by atoms with van der Waals surface area (Å²) in [4.78, 5) is 33.2. The zero-order valence-electron chi connectivity index (χ0n) is 15.7. The molecule has 9 nitrogen and oxygen atoms in total. The number of nitrogens with zero attached hydrogens (tertiary/aromatic N) is 2. The van der Waals surface area contributed by atoms with Crippen LogP contribution in [0.25, 0.3) is 0 Å². The maximum Gasteiger partial charge on any atom is 0.277 e. The van der Waals surface area contributed by atoms with Crippen LogP contribution in [-0.4, -0.2) is 22.3 Å². The predicted octanol–water partition coefficient (Wildman–Crippen LogP) is 4.09. The molecule has 1 atom stereocenters. The summed E-state index contributed by atoms with van der Waals surface area (Å²) in [6, 6.07) is 21.4. The van der Waals surface area contributed by atoms with E-state index in [0.29, 0.717) is 0 Å². The Kier molecular flexibility index (Phi) is 6.33. The molecule has 0 bridgehead atoms. The van der Waals surface area contributed by atoms with E-state index in [4.69, 9.17) is 0 Å². The lowest BCUT2D eigenvalue weighted by molar-refractivity contribution is -0.394. The van der Waals surface area contributed by atoms with Gasteiger partial charge in [-0.3, -0.25) is 25.0 Å². The largest absolute Gasteiger partial charge is 0.376 e. The first-order chi connectivity index (χ1) is 14.4. The van der Waals surface area contributed by atoms with Crippen molar-refractivity contribution in [3.8, 4) is 0 Å². The normalized spacial score (nSPS) is 11.3. The molecule has 1 unspecified atom stereocenters. The van der Waals surface area contributed by atoms with Crippen molar-refractivity contribution in [1.29, 1.82) is 0 Å². The van der Waals surface area contributed by atoms with Gasteiger partial charge in [0.1, 0.15) is 0 Å². The van der Waals surface area contributed by atoms with Gasteiger partial charge in [-0.25, -0.2) is 0 Å². The second kappa shape index (κ2) is 9.28. The van der Waals surface area contributed by atoms with E-state index in [0.717, 1.165) is 29.4 Å². The first kappa shape index (κ1) is 20.5. The molecule has 0 heterocycles. The highest BCUT2D eigenvalue weighted by atomic mass is 16.6. The lowest BCUT2D eigenvalue weighted by Crippen LogP contribution is -2.31. The summed E-state index contributed by atoms with van der Waals surface area (Å²) in [5, 5.41) is 28.1. The number of carbonyl (C=O) groups is 1. The minimum Gasteiger partial charge on any atom is -0.376 e. The van der Waals surface area contributed by atoms with E-state index >= 15 is 0 Å². The van der Waals surface area contributed by atoms with E-state index < -0.39 is 27.1 Å². The summed E-state index contributed by atoms with van der Waals surface area (Å²) in [6.07, 6.45) is 0. The molecule has 0 fully saturated rings. The number of benzene rings is 3. The third kappa shape index (κ3) is 5.16. The topological polar surface area (TPSA) is 127 Å². The van der Waals surface area contributed by atoms with Gasteiger partial charge in [0, 0.05) is 24.4 Å². The zero-order chi connectivity index (χ0) is 21.5. The van der Waals surface area contributed by atoms with Crippen LogP contribution >= 0.6 is 0 Å². The molecule has 9 heteroatoms. The molecule has 0 aliphatic rings. The fourth-order valence-corrected chi connectivity index (χ4v) is 2.91. The van der Waals surface area contributed by atoms with Crippen molar-refractivity contribution in [1.82, 2.24) is 5.32 Å². The van der Waals surface area contributed by atoms with Crippen molar-refractivity contribution >= 4 is 23.0 Å². The number of hydrogen-bond acceptors (Lipinski definition) is 6. The van der Waals surface area contributed by atoms with Gasteiger partial charge in [0.25, 0.3) is 17.3 Å². The number of hydrogen-bond donors (Lipinski definition) is 2. The van der Waals surface area contributed by atoms with Crippen molar-refractivity contribution in [2.45, 2.75) is 6.04 Å². The molecule has 152 valence electrons. The Morgan fingerprint density at radius 1 is 0.833 bits per heavy atom. The second-order valence-electron chi connectivity index (χ2n) is 6.44. The quantitative estimate of drug-likeness (QED) is 0.428. The van der Waals surface area contributed by atoms with Gasteiger partial charge < -0.3 is 10.6 Å². The summed E-state index contributed by atoms with van der Waals surface area (Å²) >= 11 is 0. The van der Waals surface area contributed by atoms with Crippen LogP contribution in [-0.2, 0) is 0 Å². The van der Waals surface area contributed by atoms with Crippen LogP contribution in [0.5, 0.6) is 0 Å². The molecule has 3 rings (SSSR count). The molecule has 0 spiro atoms. The van der Waals surface area contributed by atoms with Crippen LogP contribution in [0, 0.1) is 20.2 Å². The summed E-state index contributed by atoms with van der Waals surface area (Å²) in [7, 11) is 0. The minimum atomic E-state index is -0.770. The van der Waals surface area contributed by atoms with Gasteiger partial charge in [-0.1, -0.05) is 48.5 Å². The number of nitrogens with one attached hydrogen (secondary N) is 2. The smallest absolute Gasteiger partial charge is 0.277 e. The van der Waals surface area contributed by atoms with Gasteiger partial charge in [0.2, 0.25) is 0 Å². The SMILES string of the molecule is O=C(NCC(Nc1ccccc1)c1ccccc1)c1cc([N+](=O)[O-])cc([N+](=O)[O-])c1. The van der Waals surface area contributed by atoms with E-state index in [1.807, 2.05) is 60.7 Å². The Bertz CT molecular complexity index is 1030. The molecular formula is C21H18N4O5. The number of amides is 1. The third-order valence-electron chi connectivity index (χ3n) is 4.37. The first-order valence-electron chi connectivity index (χ1n) is 9.02. The van der Waals surface area contributed by atoms with E-state index in [-0.39, 0.29) is 18.2 Å². The summed E-state index contributed by atoms with van der Waals surface area (Å²) in [6.45, 7) is 0.161. The van der Waals surface area contributed by atoms with Gasteiger partial charge >= 0.3 is 0 Å². The van der Waals surface area contributed by atoms with Gasteiger partial charge in [0.15, 0.2) is 0 Å². The van der Waals surface area contributed by atoms with Gasteiger partial charge in [0.05, 0.1) is 27.5 Å². The lowest BCUT2D eigenvalue weighted by Gasteiger charge is -2.21. The first-order valence-corrected chi connectivity index (χ1v) is 9.02. The molecule has 3 aromatic carbocycles. The zero-order valence-corrected chi connectivity index (χ0v) is 15.7. The standard InChI is InChI=1S/C21H18N4O5/c26-21(16-11-18(24(27)28)13-19(12-16)25(29)30)22-14-20(15-7-3-1-4-8-15)23-17-9-5-2-6-10-17/h1-13,20,23H,14H2,(H,22,26). The molecule has 30 heavy (non-hydrogen) atoms. The van der Waals surface area contributed by atoms with Crippen LogP contribution in [0.4, 0.5) is 17.1 Å². The summed E-state index contributed by atoms with van der Waals surface area (Å²) in [5.41, 5.74) is 0.591. The van der Waals surface area contributed by atoms with E-state index in [1.54, 1.807) is 0 Å². The van der Waals surface area contributed by atoms with Crippen molar-refractivity contribution in [2.75, 3.05) is 11.9 Å². The average Bonchev–Trinajstić information content (AvgIpc) is 2.77. The lowest BCUT2D eigenvalue weighted by atomic mass is 10.1. The van der Waals surface area contributed by atoms with Crippen molar-refractivity contribution < 1.29 is 14.6 Å². The van der Waals surface area contributed by atoms with Crippen molar-refractivity contribution in [3.05, 3.63) is 110 Å². The Morgan fingerprint density at radius 3 is 1.90 bits per heavy atom. The molecule has 0 saturated heterocycles.